The molecule has 2 heteroatoms. The minimum atomic E-state index is -0.129. The molecule has 4 atom stereocenters. The predicted octanol–water partition coefficient (Wildman–Crippen LogP) is 6.39. The highest BCUT2D eigenvalue weighted by Gasteiger charge is 2.54. The van der Waals surface area contributed by atoms with Crippen molar-refractivity contribution >= 4 is 0 Å². The lowest BCUT2D eigenvalue weighted by Crippen LogP contribution is -2.39. The smallest absolute Gasteiger partial charge is 0.121 e. The van der Waals surface area contributed by atoms with Gasteiger partial charge >= 0.3 is 0 Å². The number of aliphatic hydroxyl groups excluding tert-OH is 2. The van der Waals surface area contributed by atoms with Gasteiger partial charge in [-0.25, -0.2) is 0 Å². The molecule has 0 aromatic rings. The third kappa shape index (κ3) is 2.55. The van der Waals surface area contributed by atoms with E-state index in [1.807, 2.05) is 13.0 Å². The molecule has 0 heterocycles. The van der Waals surface area contributed by atoms with Gasteiger partial charge in [-0.05, 0) is 74.5 Å². The zero-order valence-electron chi connectivity index (χ0n) is 15.4. The highest BCUT2D eigenvalue weighted by atomic mass is 16.3. The fourth-order valence-corrected chi connectivity index (χ4v) is 5.93. The summed E-state index contributed by atoms with van der Waals surface area (Å²) in [5, 5.41) is 21.4. The van der Waals surface area contributed by atoms with E-state index in [0.717, 1.165) is 30.4 Å². The number of hydrogen-bond donors (Lipinski definition) is 2. The lowest BCUT2D eigenvalue weighted by molar-refractivity contribution is 0.0945. The molecule has 3 aliphatic rings. The lowest BCUT2D eigenvalue weighted by Gasteiger charge is -2.46. The van der Waals surface area contributed by atoms with Gasteiger partial charge in [-0.2, -0.15) is 0 Å². The molecule has 3 aliphatic carbocycles. The second-order valence-corrected chi connectivity index (χ2v) is 8.12. The summed E-state index contributed by atoms with van der Waals surface area (Å²) >= 11 is 0. The van der Waals surface area contributed by atoms with Crippen LogP contribution in [-0.4, -0.2) is 10.2 Å². The van der Waals surface area contributed by atoms with Gasteiger partial charge in [0.25, 0.3) is 0 Å². The molecule has 0 amide bonds. The maximum atomic E-state index is 11.0. The fraction of sp³-hybridized carbons (Fsp3) is 0.636. The van der Waals surface area contributed by atoms with E-state index in [-0.39, 0.29) is 5.41 Å². The standard InChI is InChI=1S/C22H32O2/c1-5-15-12-16-8-7-11-22(20(15)21(24)14(3)4)13-17(23)9-10-19(22)18(16)6-2/h5,9,16,18-19,23-24H,3,6-8,10-13H2,1-2,4H3/b15-5?,21-20-/t16?,18?,19?,22-/m1/s1. The molecule has 0 aromatic heterocycles. The van der Waals surface area contributed by atoms with Gasteiger partial charge in [-0.15, -0.1) is 0 Å². The Morgan fingerprint density at radius 2 is 2.21 bits per heavy atom. The van der Waals surface area contributed by atoms with E-state index in [1.165, 1.54) is 24.8 Å². The van der Waals surface area contributed by atoms with Crippen LogP contribution >= 0.6 is 0 Å². The van der Waals surface area contributed by atoms with Crippen molar-refractivity contribution in [3.63, 3.8) is 0 Å². The Morgan fingerprint density at radius 3 is 2.83 bits per heavy atom. The molecule has 0 aliphatic heterocycles. The van der Waals surface area contributed by atoms with Crippen molar-refractivity contribution in [3.05, 3.63) is 47.0 Å². The summed E-state index contributed by atoms with van der Waals surface area (Å²) in [6.07, 6.45) is 11.6. The van der Waals surface area contributed by atoms with Gasteiger partial charge in [0.2, 0.25) is 0 Å². The van der Waals surface area contributed by atoms with Crippen LogP contribution in [0.5, 0.6) is 0 Å². The molecule has 2 fully saturated rings. The summed E-state index contributed by atoms with van der Waals surface area (Å²) in [5.41, 5.74) is 3.00. The minimum absolute atomic E-state index is 0.129. The Balaban J connectivity index is 2.30. The Labute approximate surface area is 146 Å². The van der Waals surface area contributed by atoms with E-state index in [1.54, 1.807) is 0 Å². The largest absolute Gasteiger partial charge is 0.513 e. The molecule has 3 unspecified atom stereocenters. The molecule has 0 saturated heterocycles. The van der Waals surface area contributed by atoms with Crippen LogP contribution in [0.2, 0.25) is 0 Å². The molecule has 2 N–H and O–H groups in total. The average Bonchev–Trinajstić information content (AvgIpc) is 2.75. The summed E-state index contributed by atoms with van der Waals surface area (Å²) < 4.78 is 0. The number of hydrogen-bond acceptors (Lipinski definition) is 2. The number of allylic oxidation sites excluding steroid dienone is 6. The first-order valence-electron chi connectivity index (χ1n) is 9.57. The lowest BCUT2D eigenvalue weighted by atomic mass is 9.57. The zero-order chi connectivity index (χ0) is 17.5. The summed E-state index contributed by atoms with van der Waals surface area (Å²) in [5.74, 6) is 2.75. The molecule has 0 spiro atoms. The number of rotatable bonds is 2. The average molecular weight is 328 g/mol. The molecule has 0 radical (unpaired) electrons. The van der Waals surface area contributed by atoms with Crippen LogP contribution in [-0.2, 0) is 0 Å². The third-order valence-corrected chi connectivity index (χ3v) is 6.90. The van der Waals surface area contributed by atoms with Crippen molar-refractivity contribution < 1.29 is 10.2 Å². The topological polar surface area (TPSA) is 40.5 Å². The van der Waals surface area contributed by atoms with Crippen LogP contribution in [0, 0.1) is 23.2 Å². The van der Waals surface area contributed by atoms with E-state index in [0.29, 0.717) is 35.7 Å². The first kappa shape index (κ1) is 17.4. The molecule has 0 aromatic carbocycles. The second-order valence-electron chi connectivity index (χ2n) is 8.12. The van der Waals surface area contributed by atoms with Crippen LogP contribution in [0.1, 0.15) is 65.7 Å². The number of fused-ring (bicyclic) bond motifs is 1. The normalized spacial score (nSPS) is 39.7. The van der Waals surface area contributed by atoms with Crippen molar-refractivity contribution in [2.75, 3.05) is 0 Å². The summed E-state index contributed by atoms with van der Waals surface area (Å²) in [7, 11) is 0. The van der Waals surface area contributed by atoms with Crippen LogP contribution in [0.25, 0.3) is 0 Å². The van der Waals surface area contributed by atoms with E-state index >= 15 is 0 Å². The Bertz CT molecular complexity index is 622. The second kappa shape index (κ2) is 6.46. The molecule has 2 bridgehead atoms. The van der Waals surface area contributed by atoms with Gasteiger partial charge in [0.1, 0.15) is 5.76 Å². The Morgan fingerprint density at radius 1 is 1.46 bits per heavy atom. The van der Waals surface area contributed by atoms with Gasteiger partial charge in [0.05, 0.1) is 5.76 Å². The fourth-order valence-electron chi connectivity index (χ4n) is 5.93. The molecule has 24 heavy (non-hydrogen) atoms. The predicted molar refractivity (Wildman–Crippen MR) is 99.8 cm³/mol. The van der Waals surface area contributed by atoms with E-state index < -0.39 is 0 Å². The summed E-state index contributed by atoms with van der Waals surface area (Å²) in [6, 6.07) is 0. The monoisotopic (exact) mass is 328 g/mol. The van der Waals surface area contributed by atoms with Gasteiger partial charge in [-0.1, -0.05) is 32.4 Å². The zero-order valence-corrected chi connectivity index (χ0v) is 15.4. The summed E-state index contributed by atoms with van der Waals surface area (Å²) in [6.45, 7) is 10.3. The van der Waals surface area contributed by atoms with Gasteiger partial charge in [0, 0.05) is 17.4 Å². The highest BCUT2D eigenvalue weighted by molar-refractivity contribution is 5.47. The molecular formula is C22H32O2. The summed E-state index contributed by atoms with van der Waals surface area (Å²) in [4.78, 5) is 0. The Hall–Kier alpha value is -1.44. The SMILES string of the molecule is C=C(C)/C(O)=C1\C(=CC)CC2CCC[C@]13CC(O)=CCC3C2CC. The molecule has 132 valence electrons. The maximum absolute atomic E-state index is 11.0. The van der Waals surface area contributed by atoms with Crippen LogP contribution < -0.4 is 0 Å². The first-order chi connectivity index (χ1) is 11.4. The van der Waals surface area contributed by atoms with Crippen molar-refractivity contribution in [3.8, 4) is 0 Å². The molecule has 2 saturated carbocycles. The van der Waals surface area contributed by atoms with Crippen molar-refractivity contribution in [2.24, 2.45) is 23.2 Å². The first-order valence-corrected chi connectivity index (χ1v) is 9.57. The van der Waals surface area contributed by atoms with Crippen molar-refractivity contribution in [2.45, 2.75) is 65.7 Å². The van der Waals surface area contributed by atoms with Gasteiger partial charge in [0.15, 0.2) is 0 Å². The molecule has 3 rings (SSSR count). The van der Waals surface area contributed by atoms with Crippen molar-refractivity contribution in [1.29, 1.82) is 0 Å². The van der Waals surface area contributed by atoms with Gasteiger partial charge < -0.3 is 10.2 Å². The van der Waals surface area contributed by atoms with E-state index in [9.17, 15) is 10.2 Å². The number of aliphatic hydroxyl groups is 2. The van der Waals surface area contributed by atoms with Crippen molar-refractivity contribution in [1.82, 2.24) is 0 Å². The van der Waals surface area contributed by atoms with E-state index in [4.69, 9.17) is 0 Å². The van der Waals surface area contributed by atoms with E-state index in [2.05, 4.69) is 26.5 Å². The minimum Gasteiger partial charge on any atom is -0.513 e. The molecule has 2 nitrogen and oxygen atoms in total. The maximum Gasteiger partial charge on any atom is 0.121 e. The van der Waals surface area contributed by atoms with Gasteiger partial charge in [-0.3, -0.25) is 0 Å². The third-order valence-electron chi connectivity index (χ3n) is 6.90. The molecular weight excluding hydrogens is 296 g/mol. The quantitative estimate of drug-likeness (QED) is 0.577. The Kier molecular flexibility index (Phi) is 4.68. The van der Waals surface area contributed by atoms with Crippen LogP contribution in [0.4, 0.5) is 0 Å². The highest BCUT2D eigenvalue weighted by Crippen LogP contribution is 2.62. The van der Waals surface area contributed by atoms with Crippen LogP contribution in [0.3, 0.4) is 0 Å². The van der Waals surface area contributed by atoms with Crippen LogP contribution in [0.15, 0.2) is 47.0 Å².